The zero-order chi connectivity index (χ0) is 15.1. The summed E-state index contributed by atoms with van der Waals surface area (Å²) in [5, 5.41) is 6.13. The molecule has 1 heterocycles. The maximum Gasteiger partial charge on any atom is 0.226 e. The highest BCUT2D eigenvalue weighted by molar-refractivity contribution is 7.99. The molecule has 0 aromatic heterocycles. The number of carbonyl (C=O) groups excluding carboxylic acids is 1. The molecule has 1 aliphatic heterocycles. The highest BCUT2D eigenvalue weighted by Gasteiger charge is 2.17. The highest BCUT2D eigenvalue weighted by Crippen LogP contribution is 2.26. The fourth-order valence-corrected chi connectivity index (χ4v) is 3.06. The van der Waals surface area contributed by atoms with E-state index in [-0.39, 0.29) is 17.8 Å². The van der Waals surface area contributed by atoms with Crippen molar-refractivity contribution in [2.75, 3.05) is 30.0 Å². The second-order valence-electron chi connectivity index (χ2n) is 4.97. The Balaban J connectivity index is 1.95. The molecule has 6 heteroatoms. The Morgan fingerprint density at radius 1 is 1.57 bits per heavy atom. The summed E-state index contributed by atoms with van der Waals surface area (Å²) in [6, 6.07) is 4.37. The maximum absolute atomic E-state index is 13.3. The van der Waals surface area contributed by atoms with Crippen LogP contribution in [0.2, 0.25) is 0 Å². The molecule has 0 aliphatic carbocycles. The van der Waals surface area contributed by atoms with Gasteiger partial charge in [-0.3, -0.25) is 4.79 Å². The molecule has 0 radical (unpaired) electrons. The van der Waals surface area contributed by atoms with Crippen LogP contribution in [0.1, 0.15) is 19.8 Å². The normalized spacial score (nSPS) is 18.3. The average molecular weight is 312 g/mol. The van der Waals surface area contributed by atoms with Crippen LogP contribution < -0.4 is 15.4 Å². The van der Waals surface area contributed by atoms with Gasteiger partial charge in [-0.2, -0.15) is 11.8 Å². The fourth-order valence-electron chi connectivity index (χ4n) is 2.11. The minimum atomic E-state index is -0.371. The zero-order valence-electron chi connectivity index (χ0n) is 12.2. The summed E-state index contributed by atoms with van der Waals surface area (Å²) in [5.74, 6) is 1.96. The van der Waals surface area contributed by atoms with E-state index in [1.807, 2.05) is 18.7 Å². The van der Waals surface area contributed by atoms with E-state index in [1.54, 1.807) is 6.07 Å². The standard InChI is InChI=1S/C15H21FN2O2S/c1-2-6-20-14-8-11(16)3-4-13(14)18-15(19)9-12-10-21-7-5-17-12/h3-4,8,12,17H,2,5-7,9-10H2,1H3,(H,18,19). The number of nitrogens with one attached hydrogen (secondary N) is 2. The molecule has 1 aromatic carbocycles. The van der Waals surface area contributed by atoms with E-state index in [2.05, 4.69) is 10.6 Å². The molecule has 1 saturated heterocycles. The lowest BCUT2D eigenvalue weighted by Crippen LogP contribution is -2.39. The van der Waals surface area contributed by atoms with Crippen LogP contribution in [0.25, 0.3) is 0 Å². The van der Waals surface area contributed by atoms with Crippen LogP contribution in [0.5, 0.6) is 5.75 Å². The summed E-state index contributed by atoms with van der Waals surface area (Å²) in [7, 11) is 0. The van der Waals surface area contributed by atoms with Crippen molar-refractivity contribution in [3.8, 4) is 5.75 Å². The van der Waals surface area contributed by atoms with Gasteiger partial charge in [-0.15, -0.1) is 0 Å². The van der Waals surface area contributed by atoms with Gasteiger partial charge in [0.15, 0.2) is 0 Å². The fraction of sp³-hybridized carbons (Fsp3) is 0.533. The summed E-state index contributed by atoms with van der Waals surface area (Å²) in [6.45, 7) is 3.40. The molecule has 0 spiro atoms. The van der Waals surface area contributed by atoms with Gasteiger partial charge in [-0.1, -0.05) is 6.92 Å². The highest BCUT2D eigenvalue weighted by atomic mass is 32.2. The number of halogens is 1. The van der Waals surface area contributed by atoms with Crippen LogP contribution in [-0.4, -0.2) is 36.6 Å². The number of benzene rings is 1. The number of amides is 1. The van der Waals surface area contributed by atoms with Gasteiger partial charge in [-0.05, 0) is 18.6 Å². The summed E-state index contributed by atoms with van der Waals surface area (Å²) in [6.07, 6.45) is 1.24. The third-order valence-corrected chi connectivity index (χ3v) is 4.24. The largest absolute Gasteiger partial charge is 0.491 e. The van der Waals surface area contributed by atoms with Gasteiger partial charge in [0, 0.05) is 36.6 Å². The predicted octanol–water partition coefficient (Wildman–Crippen LogP) is 2.65. The number of hydrogen-bond acceptors (Lipinski definition) is 4. The molecule has 0 saturated carbocycles. The van der Waals surface area contributed by atoms with Crippen molar-refractivity contribution in [3.05, 3.63) is 24.0 Å². The average Bonchev–Trinajstić information content (AvgIpc) is 2.48. The number of thioether (sulfide) groups is 1. The third-order valence-electron chi connectivity index (χ3n) is 3.11. The molecule has 2 rings (SSSR count). The lowest BCUT2D eigenvalue weighted by Gasteiger charge is -2.22. The van der Waals surface area contributed by atoms with Crippen molar-refractivity contribution in [1.82, 2.24) is 5.32 Å². The molecule has 2 N–H and O–H groups in total. The van der Waals surface area contributed by atoms with Crippen LogP contribution in [-0.2, 0) is 4.79 Å². The van der Waals surface area contributed by atoms with Crippen LogP contribution in [0.4, 0.5) is 10.1 Å². The number of anilines is 1. The molecule has 1 amide bonds. The van der Waals surface area contributed by atoms with E-state index in [4.69, 9.17) is 4.74 Å². The van der Waals surface area contributed by atoms with Crippen molar-refractivity contribution >= 4 is 23.4 Å². The van der Waals surface area contributed by atoms with Gasteiger partial charge in [0.1, 0.15) is 11.6 Å². The van der Waals surface area contributed by atoms with Crippen molar-refractivity contribution in [1.29, 1.82) is 0 Å². The monoisotopic (exact) mass is 312 g/mol. The third kappa shape index (κ3) is 5.21. The molecular formula is C15H21FN2O2S. The molecule has 1 aliphatic rings. The molecule has 1 unspecified atom stereocenters. The van der Waals surface area contributed by atoms with Gasteiger partial charge >= 0.3 is 0 Å². The van der Waals surface area contributed by atoms with Gasteiger partial charge in [0.2, 0.25) is 5.91 Å². The van der Waals surface area contributed by atoms with Gasteiger partial charge in [0.25, 0.3) is 0 Å². The molecule has 1 fully saturated rings. The lowest BCUT2D eigenvalue weighted by molar-refractivity contribution is -0.116. The molecular weight excluding hydrogens is 291 g/mol. The maximum atomic E-state index is 13.3. The van der Waals surface area contributed by atoms with E-state index in [0.717, 1.165) is 24.5 Å². The predicted molar refractivity (Wildman–Crippen MR) is 84.5 cm³/mol. The first kappa shape index (κ1) is 16.1. The Morgan fingerprint density at radius 3 is 3.14 bits per heavy atom. The Hall–Kier alpha value is -1.27. The minimum absolute atomic E-state index is 0.0806. The lowest BCUT2D eigenvalue weighted by atomic mass is 10.2. The quantitative estimate of drug-likeness (QED) is 0.848. The number of ether oxygens (including phenoxy) is 1. The summed E-state index contributed by atoms with van der Waals surface area (Å²) >= 11 is 1.85. The smallest absolute Gasteiger partial charge is 0.226 e. The number of carbonyl (C=O) groups is 1. The Morgan fingerprint density at radius 2 is 2.43 bits per heavy atom. The van der Waals surface area contributed by atoms with Crippen LogP contribution in [0.3, 0.4) is 0 Å². The SMILES string of the molecule is CCCOc1cc(F)ccc1NC(=O)CC1CSCCN1. The van der Waals surface area contributed by atoms with Gasteiger partial charge < -0.3 is 15.4 Å². The Bertz CT molecular complexity index is 479. The molecule has 4 nitrogen and oxygen atoms in total. The first-order valence-corrected chi connectivity index (χ1v) is 8.38. The van der Waals surface area contributed by atoms with Crippen LogP contribution in [0.15, 0.2) is 18.2 Å². The molecule has 1 atom stereocenters. The topological polar surface area (TPSA) is 50.4 Å². The van der Waals surface area contributed by atoms with E-state index in [9.17, 15) is 9.18 Å². The first-order chi connectivity index (χ1) is 10.2. The summed E-state index contributed by atoms with van der Waals surface area (Å²) < 4.78 is 18.8. The number of rotatable bonds is 6. The molecule has 1 aromatic rings. The van der Waals surface area contributed by atoms with E-state index in [0.29, 0.717) is 24.5 Å². The van der Waals surface area contributed by atoms with Crippen LogP contribution in [0, 0.1) is 5.82 Å². The van der Waals surface area contributed by atoms with E-state index in [1.165, 1.54) is 12.1 Å². The van der Waals surface area contributed by atoms with Crippen molar-refractivity contribution in [3.63, 3.8) is 0 Å². The second kappa shape index (κ2) is 8.24. The zero-order valence-corrected chi connectivity index (χ0v) is 13.0. The van der Waals surface area contributed by atoms with Crippen LogP contribution >= 0.6 is 11.8 Å². The van der Waals surface area contributed by atoms with Crippen molar-refractivity contribution < 1.29 is 13.9 Å². The summed E-state index contributed by atoms with van der Waals surface area (Å²) in [5.41, 5.74) is 0.526. The van der Waals surface area contributed by atoms with Gasteiger partial charge in [-0.25, -0.2) is 4.39 Å². The van der Waals surface area contributed by atoms with Crippen molar-refractivity contribution in [2.45, 2.75) is 25.8 Å². The second-order valence-corrected chi connectivity index (χ2v) is 6.12. The molecule has 116 valence electrons. The van der Waals surface area contributed by atoms with E-state index >= 15 is 0 Å². The Kier molecular flexibility index (Phi) is 6.32. The van der Waals surface area contributed by atoms with Gasteiger partial charge in [0.05, 0.1) is 12.3 Å². The summed E-state index contributed by atoms with van der Waals surface area (Å²) in [4.78, 5) is 12.1. The minimum Gasteiger partial charge on any atom is -0.491 e. The van der Waals surface area contributed by atoms with Crippen molar-refractivity contribution in [2.24, 2.45) is 0 Å². The molecule has 0 bridgehead atoms. The number of hydrogen-bond donors (Lipinski definition) is 2. The first-order valence-electron chi connectivity index (χ1n) is 7.22. The molecule has 21 heavy (non-hydrogen) atoms. The van der Waals surface area contributed by atoms with E-state index < -0.39 is 0 Å². The Labute approximate surface area is 128 Å².